The third kappa shape index (κ3) is 8.26. The van der Waals surface area contributed by atoms with Gasteiger partial charge in [0.25, 0.3) is 0 Å². The minimum atomic E-state index is -0.376. The lowest BCUT2D eigenvalue weighted by Gasteiger charge is -2.32. The molecule has 0 spiro atoms. The average Bonchev–Trinajstić information content (AvgIpc) is 3.91. The van der Waals surface area contributed by atoms with E-state index in [4.69, 9.17) is 28.1 Å². The molecule has 2 aliphatic rings. The Morgan fingerprint density at radius 1 is 0.550 bits per heavy atom. The Morgan fingerprint density at radius 2 is 0.967 bits per heavy atom. The van der Waals surface area contributed by atoms with Gasteiger partial charge >= 0.3 is 26.2 Å². The number of hydrogen-bond donors (Lipinski definition) is 0. The molecule has 2 aromatic heterocycles. The minimum Gasteiger partial charge on any atom is -0.465 e. The number of methoxy groups -OCH3 is 2. The van der Waals surface area contributed by atoms with E-state index in [1.54, 1.807) is 30.9 Å². The monoisotopic (exact) mass is 812 g/mol. The van der Waals surface area contributed by atoms with Gasteiger partial charge in [0.2, 0.25) is 0 Å². The molecule has 2 fully saturated rings. The summed E-state index contributed by atoms with van der Waals surface area (Å²) in [6, 6.07) is 23.4. The van der Waals surface area contributed by atoms with Crippen molar-refractivity contribution in [2.75, 3.05) is 14.2 Å². The second-order valence-corrected chi connectivity index (χ2v) is 17.7. The van der Waals surface area contributed by atoms with Crippen molar-refractivity contribution in [1.82, 2.24) is 19.1 Å². The summed E-state index contributed by atoms with van der Waals surface area (Å²) in [5, 5.41) is 0. The van der Waals surface area contributed by atoms with Crippen LogP contribution in [0.5, 0.6) is 0 Å². The van der Waals surface area contributed by atoms with Crippen LogP contribution in [-0.2, 0) is 41.2 Å². The summed E-state index contributed by atoms with van der Waals surface area (Å²) >= 11 is 0. The first-order valence-corrected chi connectivity index (χ1v) is 20.2. The number of aryl methyl sites for hydroxylation is 2. The zero-order valence-corrected chi connectivity index (χ0v) is 36.7. The number of aromatic nitrogens is 4. The highest BCUT2D eigenvalue weighted by atomic mass is 16.7. The molecule has 4 heterocycles. The summed E-state index contributed by atoms with van der Waals surface area (Å²) < 4.78 is 38.4. The van der Waals surface area contributed by atoms with Crippen LogP contribution >= 0.6 is 0 Å². The Balaban J connectivity index is 0.000000181. The predicted octanol–water partition coefficient (Wildman–Crippen LogP) is 6.96. The molecule has 0 unspecified atom stereocenters. The summed E-state index contributed by atoms with van der Waals surface area (Å²) in [6.07, 6.45) is 3.60. The molecule has 8 rings (SSSR count). The first-order chi connectivity index (χ1) is 28.2. The molecule has 6 aromatic rings. The van der Waals surface area contributed by atoms with E-state index in [0.717, 1.165) is 49.7 Å². The first-order valence-electron chi connectivity index (χ1n) is 20.2. The maximum Gasteiger partial charge on any atom is 0.494 e. The van der Waals surface area contributed by atoms with Gasteiger partial charge in [0.05, 0.1) is 82.5 Å². The molecule has 14 heteroatoms. The lowest BCUT2D eigenvalue weighted by atomic mass is 9.78. The molecule has 0 aliphatic carbocycles. The van der Waals surface area contributed by atoms with Crippen LogP contribution in [0, 0.1) is 13.8 Å². The van der Waals surface area contributed by atoms with Crippen molar-refractivity contribution in [3.63, 3.8) is 0 Å². The lowest BCUT2D eigenvalue weighted by Crippen LogP contribution is -2.41. The van der Waals surface area contributed by atoms with Crippen molar-refractivity contribution >= 4 is 59.2 Å². The number of carbonyl (C=O) groups excluding carboxylic acids is 2. The number of fused-ring (bicyclic) bond motifs is 2. The van der Waals surface area contributed by atoms with E-state index < -0.39 is 0 Å². The van der Waals surface area contributed by atoms with Gasteiger partial charge in [-0.15, -0.1) is 0 Å². The second kappa shape index (κ2) is 16.0. The maximum atomic E-state index is 11.9. The average molecular weight is 813 g/mol. The molecule has 4 aromatic carbocycles. The normalized spacial score (nSPS) is 17.5. The maximum absolute atomic E-state index is 11.9. The first kappa shape index (κ1) is 42.8. The molecule has 60 heavy (non-hydrogen) atoms. The van der Waals surface area contributed by atoms with Crippen LogP contribution in [-0.4, -0.2) is 81.9 Å². The molecular weight excluding hydrogens is 758 g/mol. The number of esters is 2. The molecular formula is C46H54B2N4O8. The number of ether oxygens (including phenoxy) is 2. The summed E-state index contributed by atoms with van der Waals surface area (Å²) in [6.45, 7) is 22.0. The van der Waals surface area contributed by atoms with Crippen molar-refractivity contribution in [2.45, 2.75) is 105 Å². The molecule has 0 atom stereocenters. The van der Waals surface area contributed by atoms with Crippen LogP contribution in [0.3, 0.4) is 0 Å². The van der Waals surface area contributed by atoms with Gasteiger partial charge in [-0.1, -0.05) is 36.4 Å². The lowest BCUT2D eigenvalue weighted by molar-refractivity contribution is 0.00578. The summed E-state index contributed by atoms with van der Waals surface area (Å²) in [4.78, 5) is 32.5. The molecule has 2 saturated heterocycles. The fourth-order valence-electron chi connectivity index (χ4n) is 7.27. The van der Waals surface area contributed by atoms with Crippen molar-refractivity contribution < 1.29 is 37.7 Å². The Kier molecular flexibility index (Phi) is 11.4. The van der Waals surface area contributed by atoms with Gasteiger partial charge in [-0.05, 0) is 139 Å². The fourth-order valence-corrected chi connectivity index (χ4v) is 7.27. The molecule has 2 aliphatic heterocycles. The van der Waals surface area contributed by atoms with Crippen LogP contribution in [0.4, 0.5) is 0 Å². The smallest absolute Gasteiger partial charge is 0.465 e. The highest BCUT2D eigenvalue weighted by Crippen LogP contribution is 2.38. The van der Waals surface area contributed by atoms with Crippen molar-refractivity contribution in [1.29, 1.82) is 0 Å². The van der Waals surface area contributed by atoms with Crippen LogP contribution in [0.25, 0.3) is 22.1 Å². The van der Waals surface area contributed by atoms with Gasteiger partial charge < -0.3 is 37.2 Å². The summed E-state index contributed by atoms with van der Waals surface area (Å²) in [7, 11) is 2.02. The largest absolute Gasteiger partial charge is 0.494 e. The van der Waals surface area contributed by atoms with E-state index in [2.05, 4.69) is 120 Å². The number of benzene rings is 4. The van der Waals surface area contributed by atoms with E-state index in [1.165, 1.54) is 19.8 Å². The number of rotatable bonds is 8. The Hall–Kier alpha value is -5.27. The van der Waals surface area contributed by atoms with Gasteiger partial charge in [0.1, 0.15) is 0 Å². The van der Waals surface area contributed by atoms with Crippen LogP contribution in [0.1, 0.15) is 98.4 Å². The zero-order valence-electron chi connectivity index (χ0n) is 36.7. The molecule has 0 amide bonds. The second-order valence-electron chi connectivity index (χ2n) is 17.7. The molecule has 0 saturated carbocycles. The zero-order chi connectivity index (χ0) is 43.4. The number of carbonyl (C=O) groups is 2. The standard InChI is InChI=1S/2C23H27BN2O4/c1-15-11-18(24-29-22(2,3)23(4,5)30-24)9-7-17(15)13-26-14-25-19-12-16(21(27)28-6)8-10-20(19)26;1-15-11-18(24-29-22(2,3)23(4,5)30-24)9-7-17(15)13-26-14-25-19-10-8-16(12-20(19)26)21(27)28-6/h2*7-12,14H,13H2,1-6H3. The van der Waals surface area contributed by atoms with E-state index >= 15 is 0 Å². The van der Waals surface area contributed by atoms with Gasteiger partial charge in [0.15, 0.2) is 0 Å². The van der Waals surface area contributed by atoms with E-state index in [9.17, 15) is 9.59 Å². The molecule has 0 N–H and O–H groups in total. The third-order valence-corrected chi connectivity index (χ3v) is 12.5. The quantitative estimate of drug-likeness (QED) is 0.118. The van der Waals surface area contributed by atoms with Crippen LogP contribution in [0.15, 0.2) is 85.5 Å². The SMILES string of the molecule is COC(=O)c1ccc2c(c1)ncn2Cc1ccc(B2OC(C)(C)C(C)(C)O2)cc1C.COC(=O)c1ccc2ncn(Cc3ccc(B4OC(C)(C)C(C)(C)O4)cc3C)c2c1. The summed E-state index contributed by atoms with van der Waals surface area (Å²) in [5.41, 5.74) is 9.74. The molecule has 0 bridgehead atoms. The van der Waals surface area contributed by atoms with Crippen molar-refractivity contribution in [3.05, 3.63) is 119 Å². The van der Waals surface area contributed by atoms with E-state index in [1.807, 2.05) is 22.8 Å². The van der Waals surface area contributed by atoms with E-state index in [0.29, 0.717) is 24.2 Å². The van der Waals surface area contributed by atoms with Crippen LogP contribution in [0.2, 0.25) is 0 Å². The van der Waals surface area contributed by atoms with Gasteiger partial charge in [-0.25, -0.2) is 19.6 Å². The van der Waals surface area contributed by atoms with Gasteiger partial charge in [-0.3, -0.25) is 0 Å². The molecule has 12 nitrogen and oxygen atoms in total. The number of hydrogen-bond acceptors (Lipinski definition) is 10. The van der Waals surface area contributed by atoms with Gasteiger partial charge in [0, 0.05) is 13.1 Å². The highest BCUT2D eigenvalue weighted by molar-refractivity contribution is 6.62. The fraction of sp³-hybridized carbons (Fsp3) is 0.391. The Morgan fingerprint density at radius 3 is 1.42 bits per heavy atom. The van der Waals surface area contributed by atoms with Crippen molar-refractivity contribution in [2.24, 2.45) is 0 Å². The summed E-state index contributed by atoms with van der Waals surface area (Å²) in [5.74, 6) is -0.715. The predicted molar refractivity (Wildman–Crippen MR) is 234 cm³/mol. The number of imidazole rings is 2. The minimum absolute atomic E-state index is 0.354. The number of nitrogens with zero attached hydrogens (tertiary/aromatic N) is 4. The Bertz CT molecular complexity index is 2560. The topological polar surface area (TPSA) is 125 Å². The molecule has 312 valence electrons. The molecule has 0 radical (unpaired) electrons. The van der Waals surface area contributed by atoms with Crippen molar-refractivity contribution in [3.8, 4) is 0 Å². The Labute approximate surface area is 352 Å². The van der Waals surface area contributed by atoms with Crippen LogP contribution < -0.4 is 10.9 Å². The highest BCUT2D eigenvalue weighted by Gasteiger charge is 2.52. The van der Waals surface area contributed by atoms with E-state index in [-0.39, 0.29) is 48.6 Å². The third-order valence-electron chi connectivity index (χ3n) is 12.5. The van der Waals surface area contributed by atoms with Gasteiger partial charge in [-0.2, -0.15) is 0 Å².